The van der Waals surface area contributed by atoms with Crippen LogP contribution in [-0.4, -0.2) is 35.2 Å². The average molecular weight is 378 g/mol. The SMILES string of the molecule is CCN(CCCCc1ccc(C)cc1)CCC1=CN=C(c2ccc(C)nc2)C1.[HH]. The molecule has 3 nitrogen and oxygen atoms in total. The maximum absolute atomic E-state index is 4.63. The molecule has 3 rings (SSSR count). The molecule has 0 aliphatic carbocycles. The molecule has 1 aliphatic heterocycles. The second-order valence-electron chi connectivity index (χ2n) is 7.86. The van der Waals surface area contributed by atoms with Gasteiger partial charge in [-0.2, -0.15) is 0 Å². The van der Waals surface area contributed by atoms with Crippen molar-refractivity contribution < 1.29 is 1.43 Å². The van der Waals surface area contributed by atoms with E-state index in [-0.39, 0.29) is 1.43 Å². The molecule has 0 spiro atoms. The Hall–Kier alpha value is -2.26. The summed E-state index contributed by atoms with van der Waals surface area (Å²) in [6, 6.07) is 13.1. The number of unbranched alkanes of at least 4 members (excludes halogenated alkanes) is 1. The van der Waals surface area contributed by atoms with Gasteiger partial charge in [0.1, 0.15) is 0 Å². The van der Waals surface area contributed by atoms with E-state index in [2.05, 4.69) is 71.3 Å². The van der Waals surface area contributed by atoms with Crippen molar-refractivity contribution in [3.63, 3.8) is 0 Å². The van der Waals surface area contributed by atoms with Crippen LogP contribution in [0.4, 0.5) is 0 Å². The predicted molar refractivity (Wildman–Crippen MR) is 121 cm³/mol. The third kappa shape index (κ3) is 6.13. The van der Waals surface area contributed by atoms with Gasteiger partial charge in [-0.3, -0.25) is 9.98 Å². The molecule has 0 saturated heterocycles. The first-order chi connectivity index (χ1) is 13.6. The lowest BCUT2D eigenvalue weighted by molar-refractivity contribution is 0.285. The smallest absolute Gasteiger partial charge is 0.0532 e. The lowest BCUT2D eigenvalue weighted by Gasteiger charge is -2.20. The summed E-state index contributed by atoms with van der Waals surface area (Å²) in [7, 11) is 0. The highest BCUT2D eigenvalue weighted by Gasteiger charge is 2.13. The quantitative estimate of drug-likeness (QED) is 0.493. The predicted octanol–water partition coefficient (Wildman–Crippen LogP) is 5.76. The summed E-state index contributed by atoms with van der Waals surface area (Å²) < 4.78 is 0. The molecule has 0 radical (unpaired) electrons. The van der Waals surface area contributed by atoms with E-state index in [0.29, 0.717) is 0 Å². The summed E-state index contributed by atoms with van der Waals surface area (Å²) in [5.74, 6) is 0. The lowest BCUT2D eigenvalue weighted by Crippen LogP contribution is -2.26. The van der Waals surface area contributed by atoms with Crippen molar-refractivity contribution in [2.45, 2.75) is 52.9 Å². The fourth-order valence-electron chi connectivity index (χ4n) is 3.59. The molecule has 0 unspecified atom stereocenters. The molecule has 0 amide bonds. The molecule has 150 valence electrons. The molecule has 28 heavy (non-hydrogen) atoms. The van der Waals surface area contributed by atoms with Crippen LogP contribution in [0.3, 0.4) is 0 Å². The van der Waals surface area contributed by atoms with E-state index in [1.807, 2.05) is 13.1 Å². The molecule has 0 atom stereocenters. The van der Waals surface area contributed by atoms with Gasteiger partial charge < -0.3 is 4.90 Å². The van der Waals surface area contributed by atoms with Gasteiger partial charge in [0.25, 0.3) is 0 Å². The van der Waals surface area contributed by atoms with E-state index in [4.69, 9.17) is 0 Å². The Bertz CT molecular complexity index is 807. The molecule has 2 heterocycles. The average Bonchev–Trinajstić information content (AvgIpc) is 3.18. The molecule has 0 saturated carbocycles. The summed E-state index contributed by atoms with van der Waals surface area (Å²) in [4.78, 5) is 11.6. The maximum Gasteiger partial charge on any atom is 0.0532 e. The first-order valence-corrected chi connectivity index (χ1v) is 10.6. The van der Waals surface area contributed by atoms with E-state index in [9.17, 15) is 0 Å². The van der Waals surface area contributed by atoms with Crippen molar-refractivity contribution in [1.29, 1.82) is 0 Å². The normalized spacial score (nSPS) is 13.7. The molecule has 0 N–H and O–H groups in total. The molecule has 3 heteroatoms. The number of rotatable bonds is 10. The molecule has 0 fully saturated rings. The Kier molecular flexibility index (Phi) is 7.55. The molecular weight excluding hydrogens is 342 g/mol. The van der Waals surface area contributed by atoms with Crippen molar-refractivity contribution in [3.05, 3.63) is 76.8 Å². The summed E-state index contributed by atoms with van der Waals surface area (Å²) in [5.41, 5.74) is 7.60. The van der Waals surface area contributed by atoms with Crippen LogP contribution in [0.25, 0.3) is 0 Å². The number of aliphatic imine (C=N–C) groups is 1. The summed E-state index contributed by atoms with van der Waals surface area (Å²) in [5, 5.41) is 0. The van der Waals surface area contributed by atoms with E-state index in [0.717, 1.165) is 42.9 Å². The van der Waals surface area contributed by atoms with Gasteiger partial charge in [-0.15, -0.1) is 0 Å². The minimum Gasteiger partial charge on any atom is -0.303 e. The van der Waals surface area contributed by atoms with Gasteiger partial charge in [-0.1, -0.05) is 36.8 Å². The van der Waals surface area contributed by atoms with Crippen LogP contribution in [0.5, 0.6) is 0 Å². The number of benzene rings is 1. The molecule has 1 aromatic heterocycles. The third-order valence-corrected chi connectivity index (χ3v) is 5.55. The number of aryl methyl sites for hydroxylation is 3. The van der Waals surface area contributed by atoms with Crippen molar-refractivity contribution in [2.75, 3.05) is 19.6 Å². The zero-order chi connectivity index (χ0) is 19.8. The number of hydrogen-bond acceptors (Lipinski definition) is 3. The Balaban J connectivity index is 0.00000300. The minimum absolute atomic E-state index is 0. The zero-order valence-electron chi connectivity index (χ0n) is 17.6. The second kappa shape index (κ2) is 10.3. The molecule has 2 aromatic rings. The van der Waals surface area contributed by atoms with Crippen molar-refractivity contribution in [1.82, 2.24) is 9.88 Å². The summed E-state index contributed by atoms with van der Waals surface area (Å²) in [6.07, 6.45) is 9.80. The van der Waals surface area contributed by atoms with Crippen LogP contribution in [0.15, 0.2) is 59.4 Å². The zero-order valence-corrected chi connectivity index (χ0v) is 17.6. The maximum atomic E-state index is 4.63. The fraction of sp³-hybridized carbons (Fsp3) is 0.440. The van der Waals surface area contributed by atoms with Gasteiger partial charge in [0.2, 0.25) is 0 Å². The largest absolute Gasteiger partial charge is 0.303 e. The topological polar surface area (TPSA) is 28.5 Å². The van der Waals surface area contributed by atoms with E-state index < -0.39 is 0 Å². The lowest BCUT2D eigenvalue weighted by atomic mass is 10.0. The van der Waals surface area contributed by atoms with Crippen molar-refractivity contribution >= 4 is 5.71 Å². The molecule has 0 bridgehead atoms. The number of hydrogen-bond donors (Lipinski definition) is 0. The van der Waals surface area contributed by atoms with Gasteiger partial charge in [0, 0.05) is 38.0 Å². The monoisotopic (exact) mass is 377 g/mol. The van der Waals surface area contributed by atoms with E-state index >= 15 is 0 Å². The molecule has 1 aromatic carbocycles. The van der Waals surface area contributed by atoms with Gasteiger partial charge >= 0.3 is 0 Å². The highest BCUT2D eigenvalue weighted by Crippen LogP contribution is 2.20. The Morgan fingerprint density at radius 2 is 1.79 bits per heavy atom. The molecular formula is C25H35N3. The summed E-state index contributed by atoms with van der Waals surface area (Å²) >= 11 is 0. The van der Waals surface area contributed by atoms with Crippen LogP contribution in [0.2, 0.25) is 0 Å². The van der Waals surface area contributed by atoms with Gasteiger partial charge in [-0.25, -0.2) is 0 Å². The van der Waals surface area contributed by atoms with Gasteiger partial charge in [0.05, 0.1) is 5.71 Å². The Morgan fingerprint density at radius 1 is 0.964 bits per heavy atom. The highest BCUT2D eigenvalue weighted by molar-refractivity contribution is 6.03. The fourth-order valence-corrected chi connectivity index (χ4v) is 3.59. The standard InChI is InChI=1S/C25H33N3.H2/c1-4-28(15-6-5-7-22-11-8-20(2)9-12-22)16-14-23-17-25(27-18-23)24-13-10-21(3)26-19-24;/h8-13,18-19H,4-7,14-17H2,1-3H3;1H. The van der Waals surface area contributed by atoms with Crippen LogP contribution in [-0.2, 0) is 6.42 Å². The van der Waals surface area contributed by atoms with Crippen molar-refractivity contribution in [3.8, 4) is 0 Å². The van der Waals surface area contributed by atoms with Crippen LogP contribution >= 0.6 is 0 Å². The third-order valence-electron chi connectivity index (χ3n) is 5.55. The first kappa shape index (κ1) is 20.5. The van der Waals surface area contributed by atoms with Gasteiger partial charge in [-0.05, 0) is 75.9 Å². The number of aromatic nitrogens is 1. The van der Waals surface area contributed by atoms with Crippen LogP contribution < -0.4 is 0 Å². The molecule has 1 aliphatic rings. The first-order valence-electron chi connectivity index (χ1n) is 10.6. The number of nitrogens with zero attached hydrogens (tertiary/aromatic N) is 3. The number of pyridine rings is 1. The second-order valence-corrected chi connectivity index (χ2v) is 7.86. The van der Waals surface area contributed by atoms with Crippen LogP contribution in [0, 0.1) is 13.8 Å². The Labute approximate surface area is 171 Å². The highest BCUT2D eigenvalue weighted by atomic mass is 15.1. The van der Waals surface area contributed by atoms with Crippen LogP contribution in [0.1, 0.15) is 56.4 Å². The van der Waals surface area contributed by atoms with Crippen molar-refractivity contribution in [2.24, 2.45) is 4.99 Å². The van der Waals surface area contributed by atoms with Gasteiger partial charge in [0.15, 0.2) is 0 Å². The van der Waals surface area contributed by atoms with E-state index in [1.165, 1.54) is 42.5 Å². The Morgan fingerprint density at radius 3 is 2.50 bits per heavy atom. The summed E-state index contributed by atoms with van der Waals surface area (Å²) in [6.45, 7) is 9.86. The van der Waals surface area contributed by atoms with E-state index in [1.54, 1.807) is 0 Å². The minimum atomic E-state index is 0.